The number of amides is 1. The Morgan fingerprint density at radius 2 is 1.61 bits per heavy atom. The predicted molar refractivity (Wildman–Crippen MR) is 125 cm³/mol. The third kappa shape index (κ3) is 5.85. The van der Waals surface area contributed by atoms with E-state index in [1.165, 1.54) is 19.2 Å². The molecule has 3 rings (SSSR count). The van der Waals surface area contributed by atoms with E-state index < -0.39 is 15.9 Å². The summed E-state index contributed by atoms with van der Waals surface area (Å²) in [6, 6.07) is 23.1. The van der Waals surface area contributed by atoms with Crippen LogP contribution in [0.1, 0.15) is 18.5 Å². The maximum atomic E-state index is 12.6. The van der Waals surface area contributed by atoms with Crippen LogP contribution in [0.5, 0.6) is 0 Å². The second kappa shape index (κ2) is 9.96. The Kier molecular flexibility index (Phi) is 7.33. The number of carbonyl (C=O) groups excluding carboxylic acids is 1. The van der Waals surface area contributed by atoms with Gasteiger partial charge in [-0.1, -0.05) is 60.1 Å². The molecule has 0 aliphatic rings. The van der Waals surface area contributed by atoms with Crippen molar-refractivity contribution in [2.45, 2.75) is 17.9 Å². The van der Waals surface area contributed by atoms with Gasteiger partial charge in [0.2, 0.25) is 15.9 Å². The number of hydrogen-bond acceptors (Lipinski definition) is 4. The largest absolute Gasteiger partial charge is 0.377 e. The van der Waals surface area contributed by atoms with Crippen molar-refractivity contribution >= 4 is 38.9 Å². The molecule has 162 valence electrons. The molecule has 2 N–H and O–H groups in total. The zero-order valence-corrected chi connectivity index (χ0v) is 18.8. The van der Waals surface area contributed by atoms with E-state index in [1.54, 1.807) is 36.4 Å². The molecule has 0 aliphatic carbocycles. The second-order valence-corrected chi connectivity index (χ2v) is 9.55. The SMILES string of the molecule is CC(Nc1ccc(NC(=O)CN(C)S(=O)(=O)c2ccccc2)cc1Cl)c1ccccc1. The molecule has 0 radical (unpaired) electrons. The molecule has 8 heteroatoms. The summed E-state index contributed by atoms with van der Waals surface area (Å²) in [6.45, 7) is 1.71. The quantitative estimate of drug-likeness (QED) is 0.510. The molecule has 6 nitrogen and oxygen atoms in total. The molecule has 31 heavy (non-hydrogen) atoms. The van der Waals surface area contributed by atoms with Crippen molar-refractivity contribution in [1.82, 2.24) is 4.31 Å². The highest BCUT2D eigenvalue weighted by Crippen LogP contribution is 2.29. The van der Waals surface area contributed by atoms with E-state index in [2.05, 4.69) is 10.6 Å². The molecule has 0 saturated carbocycles. The third-order valence-corrected chi connectivity index (χ3v) is 6.87. The van der Waals surface area contributed by atoms with Crippen molar-refractivity contribution in [3.63, 3.8) is 0 Å². The first-order chi connectivity index (χ1) is 14.8. The molecule has 0 heterocycles. The Morgan fingerprint density at radius 1 is 1.00 bits per heavy atom. The molecule has 3 aromatic rings. The van der Waals surface area contributed by atoms with Crippen molar-refractivity contribution in [3.05, 3.63) is 89.4 Å². The lowest BCUT2D eigenvalue weighted by molar-refractivity contribution is -0.116. The van der Waals surface area contributed by atoms with E-state index >= 15 is 0 Å². The van der Waals surface area contributed by atoms with Crippen LogP contribution in [0.2, 0.25) is 5.02 Å². The third-order valence-electron chi connectivity index (χ3n) is 4.74. The lowest BCUT2D eigenvalue weighted by atomic mass is 10.1. The molecule has 0 saturated heterocycles. The smallest absolute Gasteiger partial charge is 0.243 e. The van der Waals surface area contributed by atoms with Gasteiger partial charge in [-0.05, 0) is 42.8 Å². The van der Waals surface area contributed by atoms with Gasteiger partial charge in [0.15, 0.2) is 0 Å². The van der Waals surface area contributed by atoms with Crippen LogP contribution in [0.3, 0.4) is 0 Å². The highest BCUT2D eigenvalue weighted by atomic mass is 35.5. The van der Waals surface area contributed by atoms with Gasteiger partial charge in [0.25, 0.3) is 0 Å². The molecule has 0 aromatic heterocycles. The van der Waals surface area contributed by atoms with Crippen molar-refractivity contribution < 1.29 is 13.2 Å². The number of halogens is 1. The van der Waals surface area contributed by atoms with E-state index in [1.807, 2.05) is 37.3 Å². The van der Waals surface area contributed by atoms with Gasteiger partial charge in [-0.15, -0.1) is 0 Å². The monoisotopic (exact) mass is 457 g/mol. The summed E-state index contributed by atoms with van der Waals surface area (Å²) >= 11 is 6.38. The molecular formula is C23H24ClN3O3S. The van der Waals surface area contributed by atoms with Crippen molar-refractivity contribution in [1.29, 1.82) is 0 Å². The average Bonchev–Trinajstić information content (AvgIpc) is 2.76. The van der Waals surface area contributed by atoms with Crippen LogP contribution in [0.15, 0.2) is 83.8 Å². The number of rotatable bonds is 8. The van der Waals surface area contributed by atoms with E-state index in [-0.39, 0.29) is 17.5 Å². The molecule has 0 fully saturated rings. The summed E-state index contributed by atoms with van der Waals surface area (Å²) in [5.74, 6) is -0.462. The number of hydrogen-bond donors (Lipinski definition) is 2. The second-order valence-electron chi connectivity index (χ2n) is 7.09. The number of carbonyl (C=O) groups is 1. The first-order valence-electron chi connectivity index (χ1n) is 9.69. The van der Waals surface area contributed by atoms with Crippen molar-refractivity contribution in [2.24, 2.45) is 0 Å². The topological polar surface area (TPSA) is 78.5 Å². The van der Waals surface area contributed by atoms with Crippen LogP contribution in [-0.2, 0) is 14.8 Å². The van der Waals surface area contributed by atoms with Gasteiger partial charge < -0.3 is 10.6 Å². The van der Waals surface area contributed by atoms with Crippen LogP contribution in [0.25, 0.3) is 0 Å². The van der Waals surface area contributed by atoms with Gasteiger partial charge in [0, 0.05) is 18.8 Å². The van der Waals surface area contributed by atoms with Gasteiger partial charge in [-0.25, -0.2) is 8.42 Å². The Balaban J connectivity index is 1.62. The molecule has 0 bridgehead atoms. The van der Waals surface area contributed by atoms with E-state index in [4.69, 9.17) is 11.6 Å². The van der Waals surface area contributed by atoms with E-state index in [0.717, 1.165) is 15.6 Å². The fourth-order valence-electron chi connectivity index (χ4n) is 3.03. The number of benzene rings is 3. The minimum atomic E-state index is -3.74. The molecule has 0 aliphatic heterocycles. The molecule has 3 aromatic carbocycles. The Bertz CT molecular complexity index is 1140. The van der Waals surface area contributed by atoms with E-state index in [9.17, 15) is 13.2 Å². The fraction of sp³-hybridized carbons (Fsp3) is 0.174. The summed E-state index contributed by atoms with van der Waals surface area (Å²) in [5, 5.41) is 6.49. The lowest BCUT2D eigenvalue weighted by Gasteiger charge is -2.18. The Morgan fingerprint density at radius 3 is 2.23 bits per heavy atom. The van der Waals surface area contributed by atoms with Crippen molar-refractivity contribution in [2.75, 3.05) is 24.2 Å². The van der Waals surface area contributed by atoms with Crippen LogP contribution < -0.4 is 10.6 Å². The van der Waals surface area contributed by atoms with Gasteiger partial charge in [0.05, 0.1) is 22.2 Å². The van der Waals surface area contributed by atoms with Crippen LogP contribution in [0.4, 0.5) is 11.4 Å². The first-order valence-corrected chi connectivity index (χ1v) is 11.5. The normalized spacial score (nSPS) is 12.4. The number of sulfonamides is 1. The summed E-state index contributed by atoms with van der Waals surface area (Å²) in [5.41, 5.74) is 2.34. The summed E-state index contributed by atoms with van der Waals surface area (Å²) in [4.78, 5) is 12.5. The molecule has 1 unspecified atom stereocenters. The number of nitrogens with one attached hydrogen (secondary N) is 2. The van der Waals surface area contributed by atoms with Crippen LogP contribution >= 0.6 is 11.6 Å². The number of anilines is 2. The zero-order valence-electron chi connectivity index (χ0n) is 17.2. The highest BCUT2D eigenvalue weighted by Gasteiger charge is 2.22. The minimum Gasteiger partial charge on any atom is -0.377 e. The van der Waals surface area contributed by atoms with E-state index in [0.29, 0.717) is 10.7 Å². The average molecular weight is 458 g/mol. The first kappa shape index (κ1) is 22.8. The number of nitrogens with zero attached hydrogens (tertiary/aromatic N) is 1. The fourth-order valence-corrected chi connectivity index (χ4v) is 4.41. The Hall–Kier alpha value is -2.87. The van der Waals surface area contributed by atoms with Gasteiger partial charge in [-0.3, -0.25) is 4.79 Å². The molecule has 1 amide bonds. The molecule has 0 spiro atoms. The maximum Gasteiger partial charge on any atom is 0.243 e. The summed E-state index contributed by atoms with van der Waals surface area (Å²) < 4.78 is 26.1. The highest BCUT2D eigenvalue weighted by molar-refractivity contribution is 7.89. The predicted octanol–water partition coefficient (Wildman–Crippen LogP) is 4.77. The molecular weight excluding hydrogens is 434 g/mol. The number of likely N-dealkylation sites (N-methyl/N-ethyl adjacent to an activating group) is 1. The zero-order chi connectivity index (χ0) is 22.4. The molecule has 1 atom stereocenters. The van der Waals surface area contributed by atoms with Crippen molar-refractivity contribution in [3.8, 4) is 0 Å². The van der Waals surface area contributed by atoms with Crippen LogP contribution in [-0.4, -0.2) is 32.2 Å². The lowest BCUT2D eigenvalue weighted by Crippen LogP contribution is -2.34. The standard InChI is InChI=1S/C23H24ClN3O3S/c1-17(18-9-5-3-6-10-18)25-22-14-13-19(15-21(22)24)26-23(28)16-27(2)31(29,30)20-11-7-4-8-12-20/h3-15,17,25H,16H2,1-2H3,(H,26,28). The summed E-state index contributed by atoms with van der Waals surface area (Å²) in [7, 11) is -2.38. The van der Waals surface area contributed by atoms with Gasteiger partial charge >= 0.3 is 0 Å². The van der Waals surface area contributed by atoms with Gasteiger partial charge in [-0.2, -0.15) is 4.31 Å². The Labute approximate surface area is 187 Å². The van der Waals surface area contributed by atoms with Crippen LogP contribution in [0, 0.1) is 0 Å². The minimum absolute atomic E-state index is 0.0518. The maximum absolute atomic E-state index is 12.6. The van der Waals surface area contributed by atoms with Gasteiger partial charge in [0.1, 0.15) is 0 Å². The summed E-state index contributed by atoms with van der Waals surface area (Å²) in [6.07, 6.45) is 0.